The zero-order valence-electron chi connectivity index (χ0n) is 9.58. The monoisotopic (exact) mass is 297 g/mol. The highest BCUT2D eigenvalue weighted by molar-refractivity contribution is 9.10. The lowest BCUT2D eigenvalue weighted by Crippen LogP contribution is -2.08. The van der Waals surface area contributed by atoms with Crippen LogP contribution in [0.3, 0.4) is 0 Å². The summed E-state index contributed by atoms with van der Waals surface area (Å²) in [6.45, 7) is 1.84. The van der Waals surface area contributed by atoms with Crippen molar-refractivity contribution in [3.8, 4) is 0 Å². The van der Waals surface area contributed by atoms with Crippen molar-refractivity contribution < 1.29 is 14.7 Å². The van der Waals surface area contributed by atoms with E-state index in [9.17, 15) is 4.79 Å². The maximum atomic E-state index is 11.6. The summed E-state index contributed by atoms with van der Waals surface area (Å²) in [4.78, 5) is 11.6. The Bertz CT molecular complexity index is 523. The molecule has 1 aliphatic carbocycles. The van der Waals surface area contributed by atoms with E-state index in [0.717, 1.165) is 27.6 Å². The Morgan fingerprint density at radius 2 is 2.24 bits per heavy atom. The third kappa shape index (κ3) is 1.84. The number of oxime groups is 1. The van der Waals surface area contributed by atoms with Gasteiger partial charge in [-0.05, 0) is 37.0 Å². The number of carbonyl (C=O) groups excluding carboxylic acids is 1. The minimum Gasteiger partial charge on any atom is -0.465 e. The van der Waals surface area contributed by atoms with Gasteiger partial charge in [0.25, 0.3) is 0 Å². The van der Waals surface area contributed by atoms with Crippen molar-refractivity contribution in [2.24, 2.45) is 5.16 Å². The number of methoxy groups -OCH3 is 1. The quantitative estimate of drug-likeness (QED) is 0.492. The average Bonchev–Trinajstić information content (AvgIpc) is 2.77. The largest absolute Gasteiger partial charge is 0.465 e. The first-order chi connectivity index (χ1) is 8.10. The summed E-state index contributed by atoms with van der Waals surface area (Å²) in [6, 6.07) is 1.76. The predicted octanol–water partition coefficient (Wildman–Crippen LogP) is 2.67. The van der Waals surface area contributed by atoms with Crippen LogP contribution < -0.4 is 0 Å². The van der Waals surface area contributed by atoms with Gasteiger partial charge in [-0.2, -0.15) is 0 Å². The van der Waals surface area contributed by atoms with Gasteiger partial charge in [-0.15, -0.1) is 0 Å². The molecule has 1 aromatic carbocycles. The Hall–Kier alpha value is -1.36. The van der Waals surface area contributed by atoms with E-state index in [2.05, 4.69) is 21.1 Å². The van der Waals surface area contributed by atoms with Crippen molar-refractivity contribution in [2.75, 3.05) is 7.11 Å². The molecule has 17 heavy (non-hydrogen) atoms. The number of halogens is 1. The maximum absolute atomic E-state index is 11.6. The molecule has 0 fully saturated rings. The molecule has 0 bridgehead atoms. The van der Waals surface area contributed by atoms with Gasteiger partial charge in [0.1, 0.15) is 0 Å². The first-order valence-corrected chi connectivity index (χ1v) is 6.01. The minimum absolute atomic E-state index is 0.379. The smallest absolute Gasteiger partial charge is 0.338 e. The van der Waals surface area contributed by atoms with Gasteiger partial charge >= 0.3 is 5.97 Å². The van der Waals surface area contributed by atoms with E-state index in [1.165, 1.54) is 7.11 Å². The van der Waals surface area contributed by atoms with Crippen LogP contribution >= 0.6 is 15.9 Å². The fourth-order valence-electron chi connectivity index (χ4n) is 2.23. The van der Waals surface area contributed by atoms with E-state index in [-0.39, 0.29) is 5.97 Å². The van der Waals surface area contributed by atoms with Crippen molar-refractivity contribution in [3.63, 3.8) is 0 Å². The highest BCUT2D eigenvalue weighted by atomic mass is 79.9. The lowest BCUT2D eigenvalue weighted by atomic mass is 9.98. The lowest BCUT2D eigenvalue weighted by Gasteiger charge is -2.11. The van der Waals surface area contributed by atoms with Gasteiger partial charge in [-0.1, -0.05) is 21.1 Å². The van der Waals surface area contributed by atoms with Gasteiger partial charge in [0.15, 0.2) is 0 Å². The van der Waals surface area contributed by atoms with E-state index in [0.29, 0.717) is 17.7 Å². The van der Waals surface area contributed by atoms with Gasteiger partial charge in [0.2, 0.25) is 0 Å². The Kier molecular flexibility index (Phi) is 3.19. The van der Waals surface area contributed by atoms with Crippen molar-refractivity contribution >= 4 is 27.6 Å². The highest BCUT2D eigenvalue weighted by Gasteiger charge is 2.26. The topological polar surface area (TPSA) is 58.9 Å². The van der Waals surface area contributed by atoms with Crippen LogP contribution in [-0.2, 0) is 11.2 Å². The van der Waals surface area contributed by atoms with Crippen LogP contribution in [0.2, 0.25) is 0 Å². The van der Waals surface area contributed by atoms with Gasteiger partial charge in [-0.25, -0.2) is 4.79 Å². The number of ether oxygens (including phenoxy) is 1. The molecule has 0 aromatic heterocycles. The molecule has 90 valence electrons. The van der Waals surface area contributed by atoms with Crippen LogP contribution in [-0.4, -0.2) is 24.0 Å². The third-order valence-electron chi connectivity index (χ3n) is 3.07. The second kappa shape index (κ2) is 4.49. The first-order valence-electron chi connectivity index (χ1n) is 5.21. The second-order valence-electron chi connectivity index (χ2n) is 3.92. The molecule has 0 saturated heterocycles. The maximum Gasteiger partial charge on any atom is 0.338 e. The number of carbonyl (C=O) groups is 1. The summed E-state index contributed by atoms with van der Waals surface area (Å²) in [5.41, 5.74) is 3.88. The average molecular weight is 298 g/mol. The number of hydrogen-bond acceptors (Lipinski definition) is 4. The molecule has 5 heteroatoms. The molecular formula is C12H12BrNO3. The summed E-state index contributed by atoms with van der Waals surface area (Å²) in [5, 5.41) is 12.3. The van der Waals surface area contributed by atoms with E-state index in [4.69, 9.17) is 9.94 Å². The van der Waals surface area contributed by atoms with Crippen LogP contribution in [0.15, 0.2) is 15.7 Å². The molecule has 0 heterocycles. The zero-order chi connectivity index (χ0) is 12.6. The zero-order valence-corrected chi connectivity index (χ0v) is 11.2. The minimum atomic E-state index is -0.379. The summed E-state index contributed by atoms with van der Waals surface area (Å²) in [6.07, 6.45) is 1.51. The van der Waals surface area contributed by atoms with E-state index in [1.54, 1.807) is 6.07 Å². The summed E-state index contributed by atoms with van der Waals surface area (Å²) >= 11 is 3.44. The van der Waals surface area contributed by atoms with Gasteiger partial charge < -0.3 is 9.94 Å². The Labute approximate surface area is 107 Å². The van der Waals surface area contributed by atoms with Crippen LogP contribution in [0.1, 0.15) is 33.5 Å². The number of esters is 1. The molecule has 2 rings (SSSR count). The normalized spacial score (nSPS) is 16.1. The van der Waals surface area contributed by atoms with Crippen molar-refractivity contribution in [1.82, 2.24) is 0 Å². The van der Waals surface area contributed by atoms with Crippen LogP contribution in [0.4, 0.5) is 0 Å². The summed E-state index contributed by atoms with van der Waals surface area (Å²) in [7, 11) is 1.35. The SMILES string of the molecule is COC(=O)c1cc(Br)c2c(c1C)/C(=N\O)CC2. The Morgan fingerprint density at radius 1 is 1.53 bits per heavy atom. The van der Waals surface area contributed by atoms with Crippen molar-refractivity contribution in [3.05, 3.63) is 32.8 Å². The van der Waals surface area contributed by atoms with E-state index < -0.39 is 0 Å². The van der Waals surface area contributed by atoms with Gasteiger partial charge in [0.05, 0.1) is 18.4 Å². The van der Waals surface area contributed by atoms with Crippen LogP contribution in [0.5, 0.6) is 0 Å². The standard InChI is InChI=1S/C12H12BrNO3/c1-6-8(12(15)17-2)5-9(13)7-3-4-10(14-16)11(6)7/h5,16H,3-4H2,1-2H3/b14-10-. The lowest BCUT2D eigenvalue weighted by molar-refractivity contribution is 0.0600. The fourth-order valence-corrected chi connectivity index (χ4v) is 2.85. The Morgan fingerprint density at radius 3 is 2.82 bits per heavy atom. The number of benzene rings is 1. The molecule has 0 unspecified atom stereocenters. The molecule has 0 amide bonds. The van der Waals surface area contributed by atoms with Crippen molar-refractivity contribution in [1.29, 1.82) is 0 Å². The summed E-state index contributed by atoms with van der Waals surface area (Å²) < 4.78 is 5.60. The predicted molar refractivity (Wildman–Crippen MR) is 66.9 cm³/mol. The molecule has 0 radical (unpaired) electrons. The van der Waals surface area contributed by atoms with E-state index >= 15 is 0 Å². The third-order valence-corrected chi connectivity index (χ3v) is 3.77. The number of nitrogens with zero attached hydrogens (tertiary/aromatic N) is 1. The molecule has 0 saturated carbocycles. The highest BCUT2D eigenvalue weighted by Crippen LogP contribution is 2.34. The number of fused-ring (bicyclic) bond motifs is 1. The van der Waals surface area contributed by atoms with E-state index in [1.807, 2.05) is 6.92 Å². The Balaban J connectivity index is 2.69. The van der Waals surface area contributed by atoms with Crippen LogP contribution in [0.25, 0.3) is 0 Å². The van der Waals surface area contributed by atoms with Crippen molar-refractivity contribution in [2.45, 2.75) is 19.8 Å². The molecule has 1 aliphatic rings. The molecule has 0 aliphatic heterocycles. The molecular weight excluding hydrogens is 286 g/mol. The van der Waals surface area contributed by atoms with Gasteiger partial charge in [0, 0.05) is 10.0 Å². The number of hydrogen-bond donors (Lipinski definition) is 1. The summed E-state index contributed by atoms with van der Waals surface area (Å²) in [5.74, 6) is -0.379. The molecule has 0 atom stereocenters. The van der Waals surface area contributed by atoms with Crippen LogP contribution in [0, 0.1) is 6.92 Å². The molecule has 4 nitrogen and oxygen atoms in total. The second-order valence-corrected chi connectivity index (χ2v) is 4.78. The number of rotatable bonds is 1. The molecule has 1 aromatic rings. The fraction of sp³-hybridized carbons (Fsp3) is 0.333. The molecule has 0 spiro atoms. The van der Waals surface area contributed by atoms with Gasteiger partial charge in [-0.3, -0.25) is 0 Å². The first kappa shape index (κ1) is 12.1. The molecule has 1 N–H and O–H groups in total.